The molecule has 7 heteroatoms. The molecule has 7 nitrogen and oxygen atoms in total. The predicted octanol–water partition coefficient (Wildman–Crippen LogP) is 1.02. The highest BCUT2D eigenvalue weighted by atomic mass is 16.5. The molecule has 0 aromatic carbocycles. The van der Waals surface area contributed by atoms with Crippen molar-refractivity contribution in [1.29, 1.82) is 0 Å². The summed E-state index contributed by atoms with van der Waals surface area (Å²) in [6.07, 6.45) is 4.53. The molecule has 0 fully saturated rings. The summed E-state index contributed by atoms with van der Waals surface area (Å²) in [7, 11) is 0. The highest BCUT2D eigenvalue weighted by Gasteiger charge is 2.01. The van der Waals surface area contributed by atoms with Crippen LogP contribution in [0.2, 0.25) is 0 Å². The quantitative estimate of drug-likeness (QED) is 0.715. The van der Waals surface area contributed by atoms with Crippen LogP contribution in [0.4, 0.5) is 5.82 Å². The van der Waals surface area contributed by atoms with Gasteiger partial charge < -0.3 is 9.84 Å². The first-order chi connectivity index (χ1) is 8.42. The van der Waals surface area contributed by atoms with Crippen LogP contribution >= 0.6 is 0 Å². The second-order valence-corrected chi connectivity index (χ2v) is 3.30. The second kappa shape index (κ2) is 4.12. The van der Waals surface area contributed by atoms with Gasteiger partial charge in [0.15, 0.2) is 11.5 Å². The molecule has 3 aromatic heterocycles. The van der Waals surface area contributed by atoms with E-state index in [0.717, 1.165) is 5.52 Å². The molecule has 0 unspecified atom stereocenters. The molecular formula is C10H8N6O. The number of hydrogen-bond acceptors (Lipinski definition) is 7. The molecule has 3 heterocycles. The number of rotatable bonds is 3. The standard InChI is InChI=1S/C10H8N6O/c1-2-8(13-5-9-14-6-17-16-9)15-10-7(1)11-3-4-12-10/h1-4,6H,5H2,(H,12,13,15). The molecule has 0 aliphatic heterocycles. The lowest BCUT2D eigenvalue weighted by atomic mass is 10.4. The van der Waals surface area contributed by atoms with Crippen LogP contribution in [-0.2, 0) is 6.54 Å². The molecule has 84 valence electrons. The molecule has 3 aromatic rings. The van der Waals surface area contributed by atoms with Crippen LogP contribution in [0, 0.1) is 0 Å². The van der Waals surface area contributed by atoms with Crippen LogP contribution in [0.5, 0.6) is 0 Å². The third-order valence-electron chi connectivity index (χ3n) is 2.17. The van der Waals surface area contributed by atoms with Crippen molar-refractivity contribution in [1.82, 2.24) is 25.1 Å². The Hall–Kier alpha value is -2.57. The van der Waals surface area contributed by atoms with E-state index in [9.17, 15) is 0 Å². The third-order valence-corrected chi connectivity index (χ3v) is 2.17. The van der Waals surface area contributed by atoms with E-state index < -0.39 is 0 Å². The summed E-state index contributed by atoms with van der Waals surface area (Å²) in [6.45, 7) is 0.454. The van der Waals surface area contributed by atoms with Crippen LogP contribution in [0.25, 0.3) is 11.2 Å². The smallest absolute Gasteiger partial charge is 0.213 e. The first kappa shape index (κ1) is 9.64. The molecule has 0 amide bonds. The Bertz CT molecular complexity index is 624. The SMILES string of the molecule is c1cnc2nc(NCc3ncon3)ccc2n1. The third kappa shape index (κ3) is 2.03. The minimum atomic E-state index is 0.454. The van der Waals surface area contributed by atoms with E-state index in [1.165, 1.54) is 6.39 Å². The summed E-state index contributed by atoms with van der Waals surface area (Å²) >= 11 is 0. The fraction of sp³-hybridized carbons (Fsp3) is 0.100. The summed E-state index contributed by atoms with van der Waals surface area (Å²) < 4.78 is 4.63. The zero-order chi connectivity index (χ0) is 11.5. The lowest BCUT2D eigenvalue weighted by Crippen LogP contribution is -2.03. The monoisotopic (exact) mass is 228 g/mol. The van der Waals surface area contributed by atoms with Crippen molar-refractivity contribution in [2.75, 3.05) is 5.32 Å². The molecule has 0 aliphatic rings. The van der Waals surface area contributed by atoms with Gasteiger partial charge in [0.1, 0.15) is 11.3 Å². The van der Waals surface area contributed by atoms with Gasteiger partial charge >= 0.3 is 0 Å². The van der Waals surface area contributed by atoms with Gasteiger partial charge in [-0.15, -0.1) is 0 Å². The number of aromatic nitrogens is 5. The minimum Gasteiger partial charge on any atom is -0.363 e. The normalized spacial score (nSPS) is 10.6. The van der Waals surface area contributed by atoms with E-state index in [0.29, 0.717) is 23.8 Å². The van der Waals surface area contributed by atoms with Crippen molar-refractivity contribution in [3.8, 4) is 0 Å². The zero-order valence-electron chi connectivity index (χ0n) is 8.74. The summed E-state index contributed by atoms with van der Waals surface area (Å²) in [4.78, 5) is 16.5. The zero-order valence-corrected chi connectivity index (χ0v) is 8.74. The first-order valence-electron chi connectivity index (χ1n) is 4.99. The van der Waals surface area contributed by atoms with Gasteiger partial charge in [0.05, 0.1) is 6.54 Å². The topological polar surface area (TPSA) is 89.6 Å². The van der Waals surface area contributed by atoms with E-state index in [-0.39, 0.29) is 0 Å². The summed E-state index contributed by atoms with van der Waals surface area (Å²) in [6, 6.07) is 3.69. The van der Waals surface area contributed by atoms with E-state index in [4.69, 9.17) is 0 Å². The van der Waals surface area contributed by atoms with Gasteiger partial charge in [-0.1, -0.05) is 5.16 Å². The molecule has 17 heavy (non-hydrogen) atoms. The van der Waals surface area contributed by atoms with Crippen LogP contribution in [0.15, 0.2) is 35.4 Å². The van der Waals surface area contributed by atoms with Gasteiger partial charge in [-0.05, 0) is 12.1 Å². The molecule has 0 saturated carbocycles. The average molecular weight is 228 g/mol. The first-order valence-corrected chi connectivity index (χ1v) is 4.99. The maximum atomic E-state index is 4.63. The number of anilines is 1. The molecule has 0 bridgehead atoms. The highest BCUT2D eigenvalue weighted by molar-refractivity contribution is 5.71. The summed E-state index contributed by atoms with van der Waals surface area (Å²) in [5, 5.41) is 6.76. The Balaban J connectivity index is 1.81. The Morgan fingerprint density at radius 1 is 1.12 bits per heavy atom. The van der Waals surface area contributed by atoms with Crippen molar-refractivity contribution in [2.45, 2.75) is 6.54 Å². The van der Waals surface area contributed by atoms with Crippen LogP contribution in [-0.4, -0.2) is 25.1 Å². The molecule has 1 N–H and O–H groups in total. The van der Waals surface area contributed by atoms with Crippen LogP contribution < -0.4 is 5.32 Å². The molecule has 0 aliphatic carbocycles. The Morgan fingerprint density at radius 3 is 2.94 bits per heavy atom. The van der Waals surface area contributed by atoms with Gasteiger partial charge in [0.25, 0.3) is 0 Å². The minimum absolute atomic E-state index is 0.454. The molecule has 0 atom stereocenters. The van der Waals surface area contributed by atoms with Crippen molar-refractivity contribution in [2.24, 2.45) is 0 Å². The Labute approximate surface area is 95.9 Å². The molecule has 3 rings (SSSR count). The van der Waals surface area contributed by atoms with E-state index in [1.807, 2.05) is 12.1 Å². The van der Waals surface area contributed by atoms with Crippen molar-refractivity contribution >= 4 is 17.0 Å². The fourth-order valence-corrected chi connectivity index (χ4v) is 1.39. The van der Waals surface area contributed by atoms with E-state index in [1.54, 1.807) is 12.4 Å². The Kier molecular flexibility index (Phi) is 2.34. The van der Waals surface area contributed by atoms with E-state index >= 15 is 0 Å². The van der Waals surface area contributed by atoms with Crippen molar-refractivity contribution in [3.63, 3.8) is 0 Å². The maximum absolute atomic E-state index is 4.63. The highest BCUT2D eigenvalue weighted by Crippen LogP contribution is 2.10. The van der Waals surface area contributed by atoms with Gasteiger partial charge in [0.2, 0.25) is 6.39 Å². The van der Waals surface area contributed by atoms with Gasteiger partial charge in [-0.2, -0.15) is 4.98 Å². The number of nitrogens with one attached hydrogen (secondary N) is 1. The summed E-state index contributed by atoms with van der Waals surface area (Å²) in [5.41, 5.74) is 1.36. The molecular weight excluding hydrogens is 220 g/mol. The van der Waals surface area contributed by atoms with Crippen molar-refractivity contribution in [3.05, 3.63) is 36.7 Å². The van der Waals surface area contributed by atoms with Crippen molar-refractivity contribution < 1.29 is 4.52 Å². The molecule has 0 spiro atoms. The predicted molar refractivity (Wildman–Crippen MR) is 59.0 cm³/mol. The molecule has 0 saturated heterocycles. The lowest BCUT2D eigenvalue weighted by molar-refractivity contribution is 0.411. The summed E-state index contributed by atoms with van der Waals surface area (Å²) in [5.74, 6) is 1.27. The van der Waals surface area contributed by atoms with Gasteiger partial charge in [-0.3, -0.25) is 4.98 Å². The fourth-order valence-electron chi connectivity index (χ4n) is 1.39. The van der Waals surface area contributed by atoms with E-state index in [2.05, 4.69) is 34.9 Å². The maximum Gasteiger partial charge on any atom is 0.213 e. The lowest BCUT2D eigenvalue weighted by Gasteiger charge is -2.02. The molecule has 0 radical (unpaired) electrons. The van der Waals surface area contributed by atoms with Crippen LogP contribution in [0.1, 0.15) is 5.82 Å². The van der Waals surface area contributed by atoms with Gasteiger partial charge in [0, 0.05) is 12.4 Å². The average Bonchev–Trinajstić information content (AvgIpc) is 2.89. The van der Waals surface area contributed by atoms with Gasteiger partial charge in [-0.25, -0.2) is 9.97 Å². The second-order valence-electron chi connectivity index (χ2n) is 3.30. The largest absolute Gasteiger partial charge is 0.363 e. The number of nitrogens with zero attached hydrogens (tertiary/aromatic N) is 5. The number of fused-ring (bicyclic) bond motifs is 1. The number of hydrogen-bond donors (Lipinski definition) is 1. The Morgan fingerprint density at radius 2 is 2.06 bits per heavy atom. The van der Waals surface area contributed by atoms with Crippen LogP contribution in [0.3, 0.4) is 0 Å². The number of pyridine rings is 1.